The number of likely N-dealkylation sites (tertiary alicyclic amines) is 1. The summed E-state index contributed by atoms with van der Waals surface area (Å²) in [5.41, 5.74) is 6.22. The number of carbonyl (C=O) groups excluding carboxylic acids is 2. The first-order valence-electron chi connectivity index (χ1n) is 6.77. The monoisotopic (exact) mass is 327 g/mol. The molecular weight excluding hydrogens is 313 g/mol. The molecule has 1 spiro atoms. The number of nitrogens with zero attached hydrogens (tertiary/aromatic N) is 1. The van der Waals surface area contributed by atoms with Crippen molar-refractivity contribution >= 4 is 40.7 Å². The maximum Gasteiger partial charge on any atom is 0.237 e. The lowest BCUT2D eigenvalue weighted by Crippen LogP contribution is -2.39. The highest BCUT2D eigenvalue weighted by Gasteiger charge is 2.52. The van der Waals surface area contributed by atoms with Gasteiger partial charge in [0.2, 0.25) is 11.8 Å². The van der Waals surface area contributed by atoms with E-state index in [4.69, 9.17) is 28.9 Å². The summed E-state index contributed by atoms with van der Waals surface area (Å²) in [5, 5.41) is 3.66. The molecule has 112 valence electrons. The Morgan fingerprint density at radius 3 is 2.81 bits per heavy atom. The average Bonchev–Trinajstić information content (AvgIpc) is 2.98. The molecule has 0 bridgehead atoms. The molecule has 2 heterocycles. The van der Waals surface area contributed by atoms with E-state index in [1.165, 1.54) is 0 Å². The minimum atomic E-state index is -0.714. The second kappa shape index (κ2) is 5.16. The van der Waals surface area contributed by atoms with Crippen LogP contribution in [0.2, 0.25) is 10.0 Å². The van der Waals surface area contributed by atoms with Crippen molar-refractivity contribution in [3.8, 4) is 0 Å². The Kier molecular flexibility index (Phi) is 3.59. The average molecular weight is 328 g/mol. The Balaban J connectivity index is 1.96. The van der Waals surface area contributed by atoms with E-state index >= 15 is 0 Å². The van der Waals surface area contributed by atoms with Crippen LogP contribution in [0.15, 0.2) is 12.1 Å². The standard InChI is InChI=1S/C14H15Cl2N3O2/c15-9-5-8-11(6-10(9)16)18-13(21)14(8)2-4-19(7-14)12(20)1-3-17/h5-6H,1-4,7,17H2,(H,18,21)/t14-/m1/s1. The third-order valence-corrected chi connectivity index (χ3v) is 4.96. The molecule has 0 aromatic heterocycles. The van der Waals surface area contributed by atoms with Crippen molar-refractivity contribution in [3.63, 3.8) is 0 Å². The summed E-state index contributed by atoms with van der Waals surface area (Å²) >= 11 is 12.1. The quantitative estimate of drug-likeness (QED) is 0.869. The van der Waals surface area contributed by atoms with Gasteiger partial charge in [0.1, 0.15) is 0 Å². The van der Waals surface area contributed by atoms with Crippen LogP contribution in [0, 0.1) is 0 Å². The van der Waals surface area contributed by atoms with Crippen molar-refractivity contribution in [3.05, 3.63) is 27.7 Å². The molecule has 0 radical (unpaired) electrons. The van der Waals surface area contributed by atoms with Crippen LogP contribution >= 0.6 is 23.2 Å². The summed E-state index contributed by atoms with van der Waals surface area (Å²) < 4.78 is 0. The minimum absolute atomic E-state index is 0.0179. The zero-order chi connectivity index (χ0) is 15.2. The van der Waals surface area contributed by atoms with E-state index in [-0.39, 0.29) is 11.8 Å². The molecule has 1 aromatic carbocycles. The van der Waals surface area contributed by atoms with E-state index in [0.29, 0.717) is 48.2 Å². The zero-order valence-electron chi connectivity index (χ0n) is 11.3. The fourth-order valence-electron chi connectivity index (χ4n) is 3.12. The Hall–Kier alpha value is -1.30. The van der Waals surface area contributed by atoms with E-state index in [1.54, 1.807) is 17.0 Å². The molecule has 1 aromatic rings. The fraction of sp³-hybridized carbons (Fsp3) is 0.429. The molecule has 1 atom stereocenters. The van der Waals surface area contributed by atoms with Crippen LogP contribution < -0.4 is 11.1 Å². The number of hydrogen-bond donors (Lipinski definition) is 2. The van der Waals surface area contributed by atoms with Crippen LogP contribution in [0.3, 0.4) is 0 Å². The highest BCUT2D eigenvalue weighted by Crippen LogP contribution is 2.46. The predicted octanol–water partition coefficient (Wildman–Crippen LogP) is 1.76. The third-order valence-electron chi connectivity index (χ3n) is 4.24. The summed E-state index contributed by atoms with van der Waals surface area (Å²) in [6, 6.07) is 3.39. The molecular formula is C14H15Cl2N3O2. The van der Waals surface area contributed by atoms with Crippen molar-refractivity contribution < 1.29 is 9.59 Å². The van der Waals surface area contributed by atoms with Gasteiger partial charge in [0.05, 0.1) is 15.5 Å². The maximum absolute atomic E-state index is 12.4. The Bertz CT molecular complexity index is 635. The van der Waals surface area contributed by atoms with E-state index < -0.39 is 5.41 Å². The zero-order valence-corrected chi connectivity index (χ0v) is 12.8. The number of rotatable bonds is 2. The molecule has 21 heavy (non-hydrogen) atoms. The SMILES string of the molecule is NCCC(=O)N1CC[C@]2(C1)C(=O)Nc1cc(Cl)c(Cl)cc12. The first kappa shape index (κ1) is 14.6. The van der Waals surface area contributed by atoms with Gasteiger partial charge in [0.15, 0.2) is 0 Å². The van der Waals surface area contributed by atoms with Gasteiger partial charge in [0, 0.05) is 31.7 Å². The van der Waals surface area contributed by atoms with Gasteiger partial charge in [-0.3, -0.25) is 9.59 Å². The number of amides is 2. The summed E-state index contributed by atoms with van der Waals surface area (Å²) in [4.78, 5) is 26.1. The number of anilines is 1. The Labute approximate surface area is 132 Å². The van der Waals surface area contributed by atoms with Crippen LogP contribution in [0.5, 0.6) is 0 Å². The van der Waals surface area contributed by atoms with Gasteiger partial charge >= 0.3 is 0 Å². The number of benzene rings is 1. The molecule has 2 amide bonds. The molecule has 0 unspecified atom stereocenters. The molecule has 1 saturated heterocycles. The van der Waals surface area contributed by atoms with Gasteiger partial charge < -0.3 is 16.0 Å². The summed E-state index contributed by atoms with van der Waals surface area (Å²) in [7, 11) is 0. The molecule has 0 saturated carbocycles. The summed E-state index contributed by atoms with van der Waals surface area (Å²) in [6.45, 7) is 1.22. The highest BCUT2D eigenvalue weighted by atomic mass is 35.5. The van der Waals surface area contributed by atoms with E-state index in [0.717, 1.165) is 5.56 Å². The van der Waals surface area contributed by atoms with Crippen molar-refractivity contribution in [2.24, 2.45) is 5.73 Å². The Morgan fingerprint density at radius 2 is 2.10 bits per heavy atom. The van der Waals surface area contributed by atoms with Gasteiger partial charge in [-0.25, -0.2) is 0 Å². The third kappa shape index (κ3) is 2.20. The summed E-state index contributed by atoms with van der Waals surface area (Å²) in [6.07, 6.45) is 0.881. The lowest BCUT2D eigenvalue weighted by atomic mass is 9.81. The van der Waals surface area contributed by atoms with Gasteiger partial charge in [-0.2, -0.15) is 0 Å². The topological polar surface area (TPSA) is 75.4 Å². The van der Waals surface area contributed by atoms with Crippen LogP contribution in [-0.2, 0) is 15.0 Å². The number of nitrogens with two attached hydrogens (primary N) is 1. The molecule has 1 fully saturated rings. The maximum atomic E-state index is 12.4. The van der Waals surface area contributed by atoms with Crippen molar-refractivity contribution in [1.29, 1.82) is 0 Å². The second-order valence-corrected chi connectivity index (χ2v) is 6.27. The number of fused-ring (bicyclic) bond motifs is 2. The number of halogens is 2. The Morgan fingerprint density at radius 1 is 1.38 bits per heavy atom. The van der Waals surface area contributed by atoms with Gasteiger partial charge in [-0.1, -0.05) is 23.2 Å². The number of hydrogen-bond acceptors (Lipinski definition) is 3. The van der Waals surface area contributed by atoms with Crippen molar-refractivity contribution in [2.45, 2.75) is 18.3 Å². The van der Waals surface area contributed by atoms with Crippen molar-refractivity contribution in [2.75, 3.05) is 25.0 Å². The van der Waals surface area contributed by atoms with Crippen molar-refractivity contribution in [1.82, 2.24) is 4.90 Å². The molecule has 0 aliphatic carbocycles. The first-order chi connectivity index (χ1) is 9.98. The number of nitrogens with one attached hydrogen (secondary N) is 1. The smallest absolute Gasteiger partial charge is 0.237 e. The predicted molar refractivity (Wildman–Crippen MR) is 81.6 cm³/mol. The van der Waals surface area contributed by atoms with E-state index in [2.05, 4.69) is 5.32 Å². The number of carbonyl (C=O) groups is 2. The molecule has 5 nitrogen and oxygen atoms in total. The van der Waals surface area contributed by atoms with Gasteiger partial charge in [0.25, 0.3) is 0 Å². The fourth-order valence-corrected chi connectivity index (χ4v) is 3.45. The molecule has 3 N–H and O–H groups in total. The molecule has 3 rings (SSSR count). The van der Waals surface area contributed by atoms with Crippen LogP contribution in [0.1, 0.15) is 18.4 Å². The minimum Gasteiger partial charge on any atom is -0.341 e. The van der Waals surface area contributed by atoms with Gasteiger partial charge in [-0.05, 0) is 24.1 Å². The molecule has 7 heteroatoms. The van der Waals surface area contributed by atoms with Crippen LogP contribution in [0.4, 0.5) is 5.69 Å². The van der Waals surface area contributed by atoms with E-state index in [9.17, 15) is 9.59 Å². The molecule has 2 aliphatic heterocycles. The summed E-state index contributed by atoms with van der Waals surface area (Å²) in [5.74, 6) is -0.116. The largest absolute Gasteiger partial charge is 0.341 e. The second-order valence-electron chi connectivity index (χ2n) is 5.45. The van der Waals surface area contributed by atoms with Crippen LogP contribution in [0.25, 0.3) is 0 Å². The molecule has 2 aliphatic rings. The first-order valence-corrected chi connectivity index (χ1v) is 7.52. The lowest BCUT2D eigenvalue weighted by Gasteiger charge is -2.22. The van der Waals surface area contributed by atoms with E-state index in [1.807, 2.05) is 0 Å². The van der Waals surface area contributed by atoms with Crippen LogP contribution in [-0.4, -0.2) is 36.3 Å². The normalized spacial score (nSPS) is 23.6. The lowest BCUT2D eigenvalue weighted by molar-refractivity contribution is -0.130. The van der Waals surface area contributed by atoms with Gasteiger partial charge in [-0.15, -0.1) is 0 Å². The highest BCUT2D eigenvalue weighted by molar-refractivity contribution is 6.42.